The van der Waals surface area contributed by atoms with E-state index in [1.165, 1.54) is 4.90 Å². The van der Waals surface area contributed by atoms with E-state index in [2.05, 4.69) is 16.0 Å². The van der Waals surface area contributed by atoms with E-state index >= 15 is 0 Å². The lowest BCUT2D eigenvalue weighted by Gasteiger charge is -2.33. The van der Waals surface area contributed by atoms with Crippen molar-refractivity contribution in [2.24, 2.45) is 0 Å². The molecule has 0 saturated carbocycles. The van der Waals surface area contributed by atoms with Crippen LogP contribution in [0, 0.1) is 0 Å². The first-order chi connectivity index (χ1) is 13.5. The molecule has 1 aliphatic rings. The Kier molecular flexibility index (Phi) is 3.66. The molecule has 5 nitrogen and oxygen atoms in total. The summed E-state index contributed by atoms with van der Waals surface area (Å²) >= 11 is 0. The van der Waals surface area contributed by atoms with Crippen LogP contribution in [0.4, 0.5) is 0 Å². The Morgan fingerprint density at radius 1 is 1.00 bits per heavy atom. The Balaban J connectivity index is 1.42. The van der Waals surface area contributed by atoms with Crippen molar-refractivity contribution in [1.29, 1.82) is 0 Å². The molecule has 5 rings (SSSR count). The van der Waals surface area contributed by atoms with Crippen LogP contribution in [0.25, 0.3) is 16.6 Å². The summed E-state index contributed by atoms with van der Waals surface area (Å²) in [5.74, 6) is -0.206. The summed E-state index contributed by atoms with van der Waals surface area (Å²) in [5.41, 5.74) is 5.00. The van der Waals surface area contributed by atoms with E-state index in [1.54, 1.807) is 24.7 Å². The molecule has 1 amide bonds. The first-order valence-corrected chi connectivity index (χ1v) is 8.90. The zero-order chi connectivity index (χ0) is 19.3. The van der Waals surface area contributed by atoms with E-state index in [9.17, 15) is 4.79 Å². The lowest BCUT2D eigenvalue weighted by Crippen LogP contribution is -2.44. The van der Waals surface area contributed by atoms with Gasteiger partial charge >= 0.3 is 0 Å². The Hall–Kier alpha value is -3.34. The SMILES string of the molecule is [B]C1([B])c2ncccc2C(=O)N1Cc1ccc(-c2ccc3cncn3c2)cc1. The van der Waals surface area contributed by atoms with E-state index in [0.29, 0.717) is 17.8 Å². The van der Waals surface area contributed by atoms with E-state index in [1.807, 2.05) is 47.1 Å². The highest BCUT2D eigenvalue weighted by Gasteiger charge is 2.42. The molecule has 130 valence electrons. The zero-order valence-corrected chi connectivity index (χ0v) is 15.0. The van der Waals surface area contributed by atoms with Crippen LogP contribution in [-0.4, -0.2) is 40.9 Å². The number of fused-ring (bicyclic) bond motifs is 2. The molecule has 4 radical (unpaired) electrons. The van der Waals surface area contributed by atoms with E-state index in [-0.39, 0.29) is 5.91 Å². The molecular formula is C21H14B2N4O. The predicted molar refractivity (Wildman–Crippen MR) is 108 cm³/mol. The maximum Gasteiger partial charge on any atom is 0.255 e. The lowest BCUT2D eigenvalue weighted by atomic mass is 9.59. The van der Waals surface area contributed by atoms with Crippen molar-refractivity contribution in [2.45, 2.75) is 11.9 Å². The minimum Gasteiger partial charge on any atom is -0.340 e. The number of carbonyl (C=O) groups is 1. The number of hydrogen-bond acceptors (Lipinski definition) is 3. The molecule has 1 aromatic carbocycles. The van der Waals surface area contributed by atoms with Gasteiger partial charge in [-0.2, -0.15) is 0 Å². The molecule has 0 fully saturated rings. The fourth-order valence-corrected chi connectivity index (χ4v) is 3.62. The maximum atomic E-state index is 12.7. The quantitative estimate of drug-likeness (QED) is 0.528. The summed E-state index contributed by atoms with van der Waals surface area (Å²) in [7, 11) is 12.5. The van der Waals surface area contributed by atoms with Gasteiger partial charge in [0.2, 0.25) is 0 Å². The van der Waals surface area contributed by atoms with Gasteiger partial charge in [-0.05, 0) is 34.9 Å². The largest absolute Gasteiger partial charge is 0.340 e. The van der Waals surface area contributed by atoms with E-state index < -0.39 is 5.34 Å². The first kappa shape index (κ1) is 16.8. The van der Waals surface area contributed by atoms with Gasteiger partial charge in [0.05, 0.1) is 45.0 Å². The monoisotopic (exact) mass is 360 g/mol. The van der Waals surface area contributed by atoms with Gasteiger partial charge in [-0.15, -0.1) is 0 Å². The predicted octanol–water partition coefficient (Wildman–Crippen LogP) is 2.50. The zero-order valence-electron chi connectivity index (χ0n) is 15.0. The average Bonchev–Trinajstić information content (AvgIpc) is 3.26. The highest BCUT2D eigenvalue weighted by molar-refractivity contribution is 6.42. The number of aromatic nitrogens is 3. The van der Waals surface area contributed by atoms with Crippen LogP contribution < -0.4 is 0 Å². The summed E-state index contributed by atoms with van der Waals surface area (Å²) in [6, 6.07) is 15.5. The van der Waals surface area contributed by atoms with E-state index in [4.69, 9.17) is 15.7 Å². The van der Waals surface area contributed by atoms with Crippen LogP contribution in [0.1, 0.15) is 21.6 Å². The number of benzene rings is 1. The Bertz CT molecular complexity index is 1200. The van der Waals surface area contributed by atoms with Gasteiger partial charge in [0.15, 0.2) is 0 Å². The smallest absolute Gasteiger partial charge is 0.255 e. The Morgan fingerprint density at radius 3 is 2.57 bits per heavy atom. The Labute approximate surface area is 164 Å². The summed E-state index contributed by atoms with van der Waals surface area (Å²) in [5, 5.41) is -1.42. The molecule has 0 spiro atoms. The number of carbonyl (C=O) groups excluding carboxylic acids is 1. The standard InChI is InChI=1S/C21H14B2N4O/c22-21(23)19-18(2-1-9-25-19)20(28)27(21)11-14-3-5-15(6-4-14)16-7-8-17-10-24-13-26(17)12-16/h1-10,12-13H,11H2. The van der Waals surface area contributed by atoms with Gasteiger partial charge in [0.1, 0.15) is 0 Å². The maximum absolute atomic E-state index is 12.7. The molecule has 7 heteroatoms. The summed E-state index contributed by atoms with van der Waals surface area (Å²) in [6.45, 7) is 0.309. The number of nitrogens with zero attached hydrogens (tertiary/aromatic N) is 4. The average molecular weight is 360 g/mol. The van der Waals surface area contributed by atoms with Crippen LogP contribution in [0.2, 0.25) is 0 Å². The molecule has 4 heterocycles. The highest BCUT2D eigenvalue weighted by atomic mass is 16.2. The van der Waals surface area contributed by atoms with Gasteiger partial charge in [-0.1, -0.05) is 30.3 Å². The van der Waals surface area contributed by atoms with Crippen molar-refractivity contribution in [3.63, 3.8) is 0 Å². The molecule has 0 unspecified atom stereocenters. The molecule has 28 heavy (non-hydrogen) atoms. The number of imidazole rings is 1. The third kappa shape index (κ3) is 2.54. The van der Waals surface area contributed by atoms with Crippen LogP contribution in [-0.2, 0) is 11.9 Å². The number of hydrogen-bond donors (Lipinski definition) is 0. The normalized spacial score (nSPS) is 15.1. The third-order valence-corrected chi connectivity index (χ3v) is 5.15. The summed E-state index contributed by atoms with van der Waals surface area (Å²) in [4.78, 5) is 22.5. The molecule has 0 N–H and O–H groups in total. The molecule has 1 aliphatic heterocycles. The molecule has 0 aliphatic carbocycles. The van der Waals surface area contributed by atoms with Crippen LogP contribution in [0.15, 0.2) is 73.4 Å². The van der Waals surface area contributed by atoms with Crippen LogP contribution in [0.5, 0.6) is 0 Å². The number of rotatable bonds is 3. The minimum atomic E-state index is -1.42. The van der Waals surface area contributed by atoms with Crippen molar-refractivity contribution in [1.82, 2.24) is 19.3 Å². The van der Waals surface area contributed by atoms with E-state index in [0.717, 1.165) is 22.2 Å². The molecule has 0 bridgehead atoms. The third-order valence-electron chi connectivity index (χ3n) is 5.15. The summed E-state index contributed by atoms with van der Waals surface area (Å²) in [6.07, 6.45) is 7.23. The van der Waals surface area contributed by atoms with Gasteiger partial charge in [-0.3, -0.25) is 9.78 Å². The van der Waals surface area contributed by atoms with Gasteiger partial charge in [0.25, 0.3) is 5.91 Å². The fraction of sp³-hybridized carbons (Fsp3) is 0.0952. The number of pyridine rings is 2. The first-order valence-electron chi connectivity index (χ1n) is 8.90. The van der Waals surface area contributed by atoms with Gasteiger partial charge in [-0.25, -0.2) is 4.98 Å². The fourth-order valence-electron chi connectivity index (χ4n) is 3.62. The number of amides is 1. The van der Waals surface area contributed by atoms with Gasteiger partial charge in [0, 0.05) is 24.3 Å². The van der Waals surface area contributed by atoms with Crippen molar-refractivity contribution in [2.75, 3.05) is 0 Å². The molecule has 3 aromatic heterocycles. The second kappa shape index (κ2) is 6.09. The second-order valence-corrected chi connectivity index (χ2v) is 6.96. The highest BCUT2D eigenvalue weighted by Crippen LogP contribution is 2.34. The topological polar surface area (TPSA) is 50.5 Å². The Morgan fingerprint density at radius 2 is 1.79 bits per heavy atom. The molecular weight excluding hydrogens is 346 g/mol. The minimum absolute atomic E-state index is 0.206. The second-order valence-electron chi connectivity index (χ2n) is 6.96. The van der Waals surface area contributed by atoms with Crippen molar-refractivity contribution >= 4 is 27.1 Å². The molecule has 0 atom stereocenters. The molecule has 0 saturated heterocycles. The summed E-state index contributed by atoms with van der Waals surface area (Å²) < 4.78 is 1.98. The van der Waals surface area contributed by atoms with Crippen molar-refractivity contribution in [3.8, 4) is 11.1 Å². The van der Waals surface area contributed by atoms with Crippen LogP contribution >= 0.6 is 0 Å². The van der Waals surface area contributed by atoms with Crippen molar-refractivity contribution < 1.29 is 4.79 Å². The lowest BCUT2D eigenvalue weighted by molar-refractivity contribution is 0.0731. The molecule has 4 aromatic rings. The van der Waals surface area contributed by atoms with Crippen molar-refractivity contribution in [3.05, 3.63) is 90.3 Å². The van der Waals surface area contributed by atoms with Gasteiger partial charge < -0.3 is 9.30 Å². The van der Waals surface area contributed by atoms with Crippen LogP contribution in [0.3, 0.4) is 0 Å².